The SMILES string of the molecule is O=C(Cn1c(C(F)(F)F)nc2ccccc21)Oc1cccc(C(=O)NCc2ccccc2)c1. The number of hydrogen-bond donors (Lipinski definition) is 1. The molecular formula is C24H18F3N3O3. The molecular weight excluding hydrogens is 435 g/mol. The molecule has 33 heavy (non-hydrogen) atoms. The van der Waals surface area contributed by atoms with Crippen LogP contribution < -0.4 is 10.1 Å². The fourth-order valence-corrected chi connectivity index (χ4v) is 3.33. The molecule has 1 amide bonds. The lowest BCUT2D eigenvalue weighted by Crippen LogP contribution is -2.23. The number of hydrogen-bond acceptors (Lipinski definition) is 4. The summed E-state index contributed by atoms with van der Waals surface area (Å²) in [6.45, 7) is -0.378. The minimum absolute atomic E-state index is 0.0466. The number of carbonyl (C=O) groups is 2. The molecule has 1 heterocycles. The molecule has 0 radical (unpaired) electrons. The smallest absolute Gasteiger partial charge is 0.425 e. The highest BCUT2D eigenvalue weighted by molar-refractivity contribution is 5.94. The zero-order valence-corrected chi connectivity index (χ0v) is 17.2. The molecule has 0 atom stereocenters. The summed E-state index contributed by atoms with van der Waals surface area (Å²) in [6, 6.07) is 21.2. The highest BCUT2D eigenvalue weighted by atomic mass is 19.4. The number of halogens is 3. The van der Waals surface area contributed by atoms with E-state index in [1.807, 2.05) is 30.3 Å². The van der Waals surface area contributed by atoms with Gasteiger partial charge < -0.3 is 14.6 Å². The van der Waals surface area contributed by atoms with E-state index >= 15 is 0 Å². The Morgan fingerprint density at radius 3 is 2.42 bits per heavy atom. The van der Waals surface area contributed by atoms with E-state index in [2.05, 4.69) is 10.3 Å². The molecule has 4 rings (SSSR count). The standard InChI is InChI=1S/C24H18F3N3O3/c25-24(26,27)23-29-19-11-4-5-12-20(19)30(23)15-21(31)33-18-10-6-9-17(13-18)22(32)28-14-16-7-2-1-3-8-16/h1-13H,14-15H2,(H,28,32). The fourth-order valence-electron chi connectivity index (χ4n) is 3.33. The first kappa shape index (κ1) is 22.1. The van der Waals surface area contributed by atoms with Crippen LogP contribution in [0.4, 0.5) is 13.2 Å². The van der Waals surface area contributed by atoms with E-state index in [1.54, 1.807) is 18.2 Å². The number of esters is 1. The van der Waals surface area contributed by atoms with Crippen molar-refractivity contribution in [3.8, 4) is 5.75 Å². The van der Waals surface area contributed by atoms with Gasteiger partial charge in [0, 0.05) is 12.1 Å². The van der Waals surface area contributed by atoms with Gasteiger partial charge in [0.2, 0.25) is 5.82 Å². The number of para-hydroxylation sites is 2. The van der Waals surface area contributed by atoms with E-state index in [4.69, 9.17) is 4.74 Å². The maximum Gasteiger partial charge on any atom is 0.449 e. The molecule has 0 aliphatic carbocycles. The number of benzene rings is 3. The fraction of sp³-hybridized carbons (Fsp3) is 0.125. The molecule has 0 saturated heterocycles. The third-order valence-corrected chi connectivity index (χ3v) is 4.82. The number of aromatic nitrogens is 2. The van der Waals surface area contributed by atoms with Crippen LogP contribution in [0.15, 0.2) is 78.9 Å². The molecule has 3 aromatic carbocycles. The number of carbonyl (C=O) groups excluding carboxylic acids is 2. The first-order chi connectivity index (χ1) is 15.8. The second-order valence-electron chi connectivity index (χ2n) is 7.18. The van der Waals surface area contributed by atoms with Gasteiger partial charge in [-0.1, -0.05) is 48.5 Å². The van der Waals surface area contributed by atoms with E-state index in [-0.39, 0.29) is 28.3 Å². The van der Waals surface area contributed by atoms with Gasteiger partial charge in [0.1, 0.15) is 12.3 Å². The van der Waals surface area contributed by atoms with Crippen LogP contribution in [0.1, 0.15) is 21.7 Å². The zero-order chi connectivity index (χ0) is 23.4. The highest BCUT2D eigenvalue weighted by Crippen LogP contribution is 2.31. The predicted octanol–water partition coefficient (Wildman–Crippen LogP) is 4.59. The molecule has 0 fully saturated rings. The van der Waals surface area contributed by atoms with E-state index in [0.29, 0.717) is 6.54 Å². The number of amides is 1. The van der Waals surface area contributed by atoms with Crippen molar-refractivity contribution >= 4 is 22.9 Å². The van der Waals surface area contributed by atoms with E-state index in [9.17, 15) is 22.8 Å². The number of ether oxygens (including phenoxy) is 1. The summed E-state index contributed by atoms with van der Waals surface area (Å²) in [7, 11) is 0. The minimum atomic E-state index is -4.74. The van der Waals surface area contributed by atoms with Crippen molar-refractivity contribution in [2.75, 3.05) is 0 Å². The summed E-state index contributed by atoms with van der Waals surface area (Å²) in [5.41, 5.74) is 1.45. The second kappa shape index (κ2) is 9.15. The number of rotatable bonds is 6. The van der Waals surface area contributed by atoms with Gasteiger partial charge in [0.15, 0.2) is 0 Å². The molecule has 9 heteroatoms. The van der Waals surface area contributed by atoms with Crippen LogP contribution >= 0.6 is 0 Å². The van der Waals surface area contributed by atoms with Crippen molar-refractivity contribution in [2.45, 2.75) is 19.3 Å². The molecule has 1 N–H and O–H groups in total. The summed E-state index contributed by atoms with van der Waals surface area (Å²) in [5.74, 6) is -2.44. The van der Waals surface area contributed by atoms with Crippen molar-refractivity contribution in [1.82, 2.24) is 14.9 Å². The van der Waals surface area contributed by atoms with Gasteiger partial charge in [-0.05, 0) is 35.9 Å². The molecule has 0 bridgehead atoms. The number of nitrogens with one attached hydrogen (secondary N) is 1. The van der Waals surface area contributed by atoms with Crippen molar-refractivity contribution in [1.29, 1.82) is 0 Å². The van der Waals surface area contributed by atoms with E-state index in [0.717, 1.165) is 10.1 Å². The van der Waals surface area contributed by atoms with Crippen molar-refractivity contribution in [3.63, 3.8) is 0 Å². The number of imidazole rings is 1. The van der Waals surface area contributed by atoms with Gasteiger partial charge >= 0.3 is 12.1 Å². The Balaban J connectivity index is 1.47. The maximum atomic E-state index is 13.4. The van der Waals surface area contributed by atoms with Gasteiger partial charge in [0.25, 0.3) is 5.91 Å². The Bertz CT molecular complexity index is 1300. The van der Waals surface area contributed by atoms with Gasteiger partial charge in [-0.15, -0.1) is 0 Å². The summed E-state index contributed by atoms with van der Waals surface area (Å²) >= 11 is 0. The Kier molecular flexibility index (Phi) is 6.12. The van der Waals surface area contributed by atoms with Crippen LogP contribution in [0, 0.1) is 0 Å². The van der Waals surface area contributed by atoms with Crippen LogP contribution in [-0.4, -0.2) is 21.4 Å². The predicted molar refractivity (Wildman–Crippen MR) is 114 cm³/mol. The molecule has 4 aromatic rings. The van der Waals surface area contributed by atoms with Crippen molar-refractivity contribution in [3.05, 3.63) is 95.8 Å². The van der Waals surface area contributed by atoms with Gasteiger partial charge in [-0.3, -0.25) is 4.79 Å². The average molecular weight is 453 g/mol. The average Bonchev–Trinajstić information content (AvgIpc) is 3.17. The van der Waals surface area contributed by atoms with Crippen molar-refractivity contribution in [2.24, 2.45) is 0 Å². The first-order valence-corrected chi connectivity index (χ1v) is 9.96. The lowest BCUT2D eigenvalue weighted by molar-refractivity contribution is -0.148. The molecule has 1 aromatic heterocycles. The Labute approximate surface area is 186 Å². The van der Waals surface area contributed by atoms with Crippen LogP contribution in [0.3, 0.4) is 0 Å². The number of alkyl halides is 3. The van der Waals surface area contributed by atoms with Crippen LogP contribution in [-0.2, 0) is 24.1 Å². The lowest BCUT2D eigenvalue weighted by Gasteiger charge is -2.12. The second-order valence-corrected chi connectivity index (χ2v) is 7.18. The highest BCUT2D eigenvalue weighted by Gasteiger charge is 2.38. The largest absolute Gasteiger partial charge is 0.449 e. The minimum Gasteiger partial charge on any atom is -0.425 e. The summed E-state index contributed by atoms with van der Waals surface area (Å²) < 4.78 is 46.3. The summed E-state index contributed by atoms with van der Waals surface area (Å²) in [4.78, 5) is 28.5. The van der Waals surface area contributed by atoms with E-state index < -0.39 is 24.5 Å². The molecule has 6 nitrogen and oxygen atoms in total. The Morgan fingerprint density at radius 1 is 0.939 bits per heavy atom. The summed E-state index contributed by atoms with van der Waals surface area (Å²) in [6.07, 6.45) is -4.74. The summed E-state index contributed by atoms with van der Waals surface area (Å²) in [5, 5.41) is 2.76. The van der Waals surface area contributed by atoms with Crippen LogP contribution in [0.25, 0.3) is 11.0 Å². The number of nitrogens with zero attached hydrogens (tertiary/aromatic N) is 2. The molecule has 0 spiro atoms. The third-order valence-electron chi connectivity index (χ3n) is 4.82. The Hall–Kier alpha value is -4.14. The Morgan fingerprint density at radius 2 is 1.67 bits per heavy atom. The third kappa shape index (κ3) is 5.20. The van der Waals surface area contributed by atoms with Gasteiger partial charge in [-0.25, -0.2) is 9.78 Å². The monoisotopic (exact) mass is 453 g/mol. The van der Waals surface area contributed by atoms with Gasteiger partial charge in [-0.2, -0.15) is 13.2 Å². The number of fused-ring (bicyclic) bond motifs is 1. The lowest BCUT2D eigenvalue weighted by atomic mass is 10.2. The first-order valence-electron chi connectivity index (χ1n) is 9.96. The maximum absolute atomic E-state index is 13.4. The van der Waals surface area contributed by atoms with Crippen LogP contribution in [0.5, 0.6) is 5.75 Å². The normalized spacial score (nSPS) is 11.4. The van der Waals surface area contributed by atoms with Gasteiger partial charge in [0.05, 0.1) is 11.0 Å². The molecule has 0 aliphatic rings. The van der Waals surface area contributed by atoms with Crippen LogP contribution in [0.2, 0.25) is 0 Å². The zero-order valence-electron chi connectivity index (χ0n) is 17.2. The van der Waals surface area contributed by atoms with Crippen molar-refractivity contribution < 1.29 is 27.5 Å². The molecule has 0 saturated carbocycles. The van der Waals surface area contributed by atoms with E-state index in [1.165, 1.54) is 30.3 Å². The molecule has 0 unspecified atom stereocenters. The quantitative estimate of drug-likeness (QED) is 0.342. The topological polar surface area (TPSA) is 73.2 Å². The molecule has 168 valence electrons. The molecule has 0 aliphatic heterocycles.